The smallest absolute Gasteiger partial charge is 0.191 e. The van der Waals surface area contributed by atoms with E-state index in [1.807, 2.05) is 12.1 Å². The molecule has 2 N–H and O–H groups in total. The molecule has 0 amide bonds. The molecule has 1 heterocycles. The molecule has 2 aliphatic rings. The van der Waals surface area contributed by atoms with Crippen LogP contribution in [0.5, 0.6) is 5.75 Å². The van der Waals surface area contributed by atoms with Gasteiger partial charge in [0.25, 0.3) is 0 Å². The Bertz CT molecular complexity index is 605. The molecule has 0 radical (unpaired) electrons. The minimum atomic E-state index is 0.234. The van der Waals surface area contributed by atoms with Gasteiger partial charge in [-0.15, -0.1) is 0 Å². The van der Waals surface area contributed by atoms with E-state index in [9.17, 15) is 0 Å². The molecular formula is C22H36N4O2. The third-order valence-corrected chi connectivity index (χ3v) is 5.97. The standard InChI is InChI=1S/C22H36N4O2/c1-3-23-21(24-17-19-7-9-20(27-2)10-8-19)25-18-22(11-5-4-6-12-22)26-13-15-28-16-14-26/h7-10H,3-6,11-18H2,1-2H3,(H2,23,24,25). The second-order valence-electron chi connectivity index (χ2n) is 7.78. The van der Waals surface area contributed by atoms with Crippen LogP contribution in [0.2, 0.25) is 0 Å². The first kappa shape index (κ1) is 20.9. The highest BCUT2D eigenvalue weighted by atomic mass is 16.5. The number of aliphatic imine (C=N–C) groups is 1. The number of hydrogen-bond acceptors (Lipinski definition) is 4. The number of nitrogens with one attached hydrogen (secondary N) is 2. The van der Waals surface area contributed by atoms with Crippen LogP contribution >= 0.6 is 0 Å². The molecule has 1 aliphatic heterocycles. The second-order valence-corrected chi connectivity index (χ2v) is 7.78. The molecule has 1 aliphatic carbocycles. The lowest BCUT2D eigenvalue weighted by molar-refractivity contribution is -0.0352. The van der Waals surface area contributed by atoms with Crippen molar-refractivity contribution >= 4 is 5.96 Å². The van der Waals surface area contributed by atoms with Gasteiger partial charge in [0.15, 0.2) is 5.96 Å². The summed E-state index contributed by atoms with van der Waals surface area (Å²) in [7, 11) is 1.69. The molecule has 0 spiro atoms. The van der Waals surface area contributed by atoms with Gasteiger partial charge in [0.05, 0.1) is 26.9 Å². The molecule has 6 nitrogen and oxygen atoms in total. The highest BCUT2D eigenvalue weighted by molar-refractivity contribution is 5.79. The summed E-state index contributed by atoms with van der Waals surface area (Å²) in [5.41, 5.74) is 1.41. The number of ether oxygens (including phenoxy) is 2. The Labute approximate surface area is 169 Å². The zero-order valence-corrected chi connectivity index (χ0v) is 17.5. The van der Waals surface area contributed by atoms with Gasteiger partial charge >= 0.3 is 0 Å². The van der Waals surface area contributed by atoms with Crippen LogP contribution in [0.15, 0.2) is 29.3 Å². The maximum absolute atomic E-state index is 5.60. The van der Waals surface area contributed by atoms with Gasteiger partial charge in [-0.25, -0.2) is 4.99 Å². The van der Waals surface area contributed by atoms with Crippen LogP contribution in [-0.2, 0) is 11.3 Å². The quantitative estimate of drug-likeness (QED) is 0.556. The largest absolute Gasteiger partial charge is 0.497 e. The predicted molar refractivity (Wildman–Crippen MR) is 114 cm³/mol. The normalized spacial score (nSPS) is 20.6. The molecule has 0 aromatic heterocycles. The van der Waals surface area contributed by atoms with E-state index < -0.39 is 0 Å². The number of methoxy groups -OCH3 is 1. The lowest BCUT2D eigenvalue weighted by atomic mass is 9.80. The van der Waals surface area contributed by atoms with E-state index in [2.05, 4.69) is 34.6 Å². The van der Waals surface area contributed by atoms with Crippen molar-refractivity contribution in [2.45, 2.75) is 51.1 Å². The first-order valence-corrected chi connectivity index (χ1v) is 10.7. The van der Waals surface area contributed by atoms with Gasteiger partial charge in [-0.1, -0.05) is 31.4 Å². The van der Waals surface area contributed by atoms with Crippen molar-refractivity contribution in [1.82, 2.24) is 15.5 Å². The summed E-state index contributed by atoms with van der Waals surface area (Å²) in [4.78, 5) is 7.47. The molecule has 1 aromatic rings. The Balaban J connectivity index is 1.63. The molecule has 0 unspecified atom stereocenters. The van der Waals surface area contributed by atoms with Crippen molar-refractivity contribution in [3.05, 3.63) is 29.8 Å². The minimum Gasteiger partial charge on any atom is -0.497 e. The van der Waals surface area contributed by atoms with Gasteiger partial charge in [0, 0.05) is 31.7 Å². The summed E-state index contributed by atoms with van der Waals surface area (Å²) in [6, 6.07) is 8.12. The van der Waals surface area contributed by atoms with Gasteiger partial charge < -0.3 is 20.1 Å². The number of benzene rings is 1. The number of rotatable bonds is 7. The van der Waals surface area contributed by atoms with E-state index in [-0.39, 0.29) is 5.54 Å². The van der Waals surface area contributed by atoms with Crippen molar-refractivity contribution in [2.75, 3.05) is 46.5 Å². The molecule has 3 rings (SSSR count). The Morgan fingerprint density at radius 3 is 2.46 bits per heavy atom. The lowest BCUT2D eigenvalue weighted by Gasteiger charge is -2.48. The van der Waals surface area contributed by atoms with E-state index >= 15 is 0 Å². The molecule has 0 bridgehead atoms. The van der Waals surface area contributed by atoms with Crippen molar-refractivity contribution in [3.8, 4) is 5.75 Å². The molecule has 1 saturated carbocycles. The van der Waals surface area contributed by atoms with Gasteiger partial charge in [-0.3, -0.25) is 4.90 Å². The van der Waals surface area contributed by atoms with Gasteiger partial charge in [0.1, 0.15) is 5.75 Å². The summed E-state index contributed by atoms with van der Waals surface area (Å²) < 4.78 is 10.8. The second kappa shape index (κ2) is 10.7. The zero-order chi connectivity index (χ0) is 19.7. The predicted octanol–water partition coefficient (Wildman–Crippen LogP) is 2.79. The van der Waals surface area contributed by atoms with Crippen LogP contribution in [0.3, 0.4) is 0 Å². The molecule has 1 saturated heterocycles. The van der Waals surface area contributed by atoms with Crippen LogP contribution in [-0.4, -0.2) is 62.9 Å². The van der Waals surface area contributed by atoms with Crippen LogP contribution < -0.4 is 15.4 Å². The summed E-state index contributed by atoms with van der Waals surface area (Å²) in [6.07, 6.45) is 6.52. The Morgan fingerprint density at radius 2 is 1.82 bits per heavy atom. The molecule has 28 heavy (non-hydrogen) atoms. The topological polar surface area (TPSA) is 58.1 Å². The average Bonchev–Trinajstić information content (AvgIpc) is 2.77. The molecular weight excluding hydrogens is 352 g/mol. The third kappa shape index (κ3) is 5.61. The SMILES string of the molecule is CCNC(=NCc1ccc(OC)cc1)NCC1(N2CCOCC2)CCCCC1. The summed E-state index contributed by atoms with van der Waals surface area (Å²) in [5.74, 6) is 1.78. The summed E-state index contributed by atoms with van der Waals surface area (Å²) >= 11 is 0. The van der Waals surface area contributed by atoms with Crippen LogP contribution in [0.4, 0.5) is 0 Å². The fraction of sp³-hybridized carbons (Fsp3) is 0.682. The van der Waals surface area contributed by atoms with E-state index in [4.69, 9.17) is 14.5 Å². The number of hydrogen-bond donors (Lipinski definition) is 2. The van der Waals surface area contributed by atoms with Crippen molar-refractivity contribution < 1.29 is 9.47 Å². The minimum absolute atomic E-state index is 0.234. The van der Waals surface area contributed by atoms with Gasteiger partial charge in [-0.2, -0.15) is 0 Å². The molecule has 2 fully saturated rings. The van der Waals surface area contributed by atoms with Crippen LogP contribution in [0.25, 0.3) is 0 Å². The van der Waals surface area contributed by atoms with Gasteiger partial charge in [-0.05, 0) is 37.5 Å². The highest BCUT2D eigenvalue weighted by Crippen LogP contribution is 2.33. The fourth-order valence-electron chi connectivity index (χ4n) is 4.34. The Kier molecular flexibility index (Phi) is 7.98. The van der Waals surface area contributed by atoms with Crippen molar-refractivity contribution in [1.29, 1.82) is 0 Å². The number of morpholine rings is 1. The molecule has 156 valence electrons. The third-order valence-electron chi connectivity index (χ3n) is 5.97. The van der Waals surface area contributed by atoms with E-state index in [0.717, 1.165) is 51.1 Å². The van der Waals surface area contributed by atoms with Crippen molar-refractivity contribution in [2.24, 2.45) is 4.99 Å². The van der Waals surface area contributed by atoms with E-state index in [1.165, 1.54) is 37.7 Å². The molecule has 6 heteroatoms. The first-order valence-electron chi connectivity index (χ1n) is 10.7. The Hall–Kier alpha value is -1.79. The fourth-order valence-corrected chi connectivity index (χ4v) is 4.34. The molecule has 0 atom stereocenters. The Morgan fingerprint density at radius 1 is 1.11 bits per heavy atom. The number of nitrogens with zero attached hydrogens (tertiary/aromatic N) is 2. The lowest BCUT2D eigenvalue weighted by Crippen LogP contribution is -2.60. The molecule has 1 aromatic carbocycles. The van der Waals surface area contributed by atoms with E-state index in [0.29, 0.717) is 6.54 Å². The first-order chi connectivity index (χ1) is 13.8. The maximum Gasteiger partial charge on any atom is 0.191 e. The van der Waals surface area contributed by atoms with Gasteiger partial charge in [0.2, 0.25) is 0 Å². The number of guanidine groups is 1. The van der Waals surface area contributed by atoms with Crippen LogP contribution in [0, 0.1) is 0 Å². The van der Waals surface area contributed by atoms with Crippen molar-refractivity contribution in [3.63, 3.8) is 0 Å². The average molecular weight is 389 g/mol. The maximum atomic E-state index is 5.60. The zero-order valence-electron chi connectivity index (χ0n) is 17.5. The monoisotopic (exact) mass is 388 g/mol. The highest BCUT2D eigenvalue weighted by Gasteiger charge is 2.38. The summed E-state index contributed by atoms with van der Waals surface area (Å²) in [6.45, 7) is 8.37. The van der Waals surface area contributed by atoms with E-state index in [1.54, 1.807) is 7.11 Å². The summed E-state index contributed by atoms with van der Waals surface area (Å²) in [5, 5.41) is 7.06. The van der Waals surface area contributed by atoms with Crippen LogP contribution in [0.1, 0.15) is 44.6 Å².